The van der Waals surface area contributed by atoms with E-state index in [-0.39, 0.29) is 11.6 Å². The summed E-state index contributed by atoms with van der Waals surface area (Å²) >= 11 is 0. The summed E-state index contributed by atoms with van der Waals surface area (Å²) in [4.78, 5) is 3.69. The van der Waals surface area contributed by atoms with Gasteiger partial charge in [-0.1, -0.05) is 6.07 Å². The number of alkyl halides is 2. The van der Waals surface area contributed by atoms with Crippen molar-refractivity contribution >= 4 is 0 Å². The summed E-state index contributed by atoms with van der Waals surface area (Å²) in [6.07, 6.45) is -2.56. The van der Waals surface area contributed by atoms with Crippen molar-refractivity contribution < 1.29 is 13.5 Å². The molecule has 0 aromatic carbocycles. The smallest absolute Gasteiger partial charge is 0.280 e. The van der Waals surface area contributed by atoms with Crippen molar-refractivity contribution in [3.05, 3.63) is 23.9 Å². The number of pyridine rings is 1. The van der Waals surface area contributed by atoms with Crippen LogP contribution in [-0.2, 0) is 0 Å². The largest absolute Gasteiger partial charge is 0.472 e. The quantitative estimate of drug-likeness (QED) is 0.733. The summed E-state index contributed by atoms with van der Waals surface area (Å²) in [6.45, 7) is 5.51. The monoisotopic (exact) mass is 201 g/mol. The van der Waals surface area contributed by atoms with Gasteiger partial charge in [-0.15, -0.1) is 0 Å². The van der Waals surface area contributed by atoms with Gasteiger partial charge in [0.2, 0.25) is 5.88 Å². The van der Waals surface area contributed by atoms with Crippen molar-refractivity contribution in [1.82, 2.24) is 4.98 Å². The Kier molecular flexibility index (Phi) is 3.03. The van der Waals surface area contributed by atoms with Gasteiger partial charge in [-0.2, -0.15) is 0 Å². The molecule has 78 valence electrons. The van der Waals surface area contributed by atoms with E-state index in [1.165, 1.54) is 12.1 Å². The molecule has 0 saturated carbocycles. The molecule has 0 aliphatic heterocycles. The highest BCUT2D eigenvalue weighted by Gasteiger charge is 2.14. The highest BCUT2D eigenvalue weighted by molar-refractivity contribution is 5.17. The van der Waals surface area contributed by atoms with Crippen LogP contribution in [0.3, 0.4) is 0 Å². The van der Waals surface area contributed by atoms with Gasteiger partial charge in [0, 0.05) is 6.07 Å². The van der Waals surface area contributed by atoms with Crippen LogP contribution in [0.25, 0.3) is 0 Å². The van der Waals surface area contributed by atoms with E-state index in [1.807, 2.05) is 20.8 Å². The first kappa shape index (κ1) is 10.9. The third-order valence-corrected chi connectivity index (χ3v) is 1.38. The minimum Gasteiger partial charge on any atom is -0.472 e. The number of ether oxygens (including phenoxy) is 1. The highest BCUT2D eigenvalue weighted by Crippen LogP contribution is 2.21. The molecule has 1 aromatic rings. The van der Waals surface area contributed by atoms with E-state index in [1.54, 1.807) is 6.07 Å². The van der Waals surface area contributed by atoms with Gasteiger partial charge in [0.1, 0.15) is 11.3 Å². The summed E-state index contributed by atoms with van der Waals surface area (Å²) in [5.74, 6) is 0.232. The van der Waals surface area contributed by atoms with Crippen LogP contribution in [0.2, 0.25) is 0 Å². The van der Waals surface area contributed by atoms with Crippen molar-refractivity contribution in [3.8, 4) is 5.88 Å². The van der Waals surface area contributed by atoms with Crippen LogP contribution in [0.1, 0.15) is 32.9 Å². The lowest BCUT2D eigenvalue weighted by atomic mass is 10.2. The molecule has 1 rings (SSSR count). The zero-order valence-electron chi connectivity index (χ0n) is 8.42. The third-order valence-electron chi connectivity index (χ3n) is 1.38. The Morgan fingerprint density at radius 1 is 1.29 bits per heavy atom. The van der Waals surface area contributed by atoms with Crippen molar-refractivity contribution in [1.29, 1.82) is 0 Å². The Labute approximate surface area is 81.9 Å². The molecule has 0 unspecified atom stereocenters. The van der Waals surface area contributed by atoms with E-state index < -0.39 is 12.0 Å². The molecule has 0 aliphatic rings. The fourth-order valence-corrected chi connectivity index (χ4v) is 0.923. The zero-order valence-corrected chi connectivity index (χ0v) is 8.42. The average molecular weight is 201 g/mol. The molecule has 14 heavy (non-hydrogen) atoms. The normalized spacial score (nSPS) is 11.9. The summed E-state index contributed by atoms with van der Waals surface area (Å²) in [7, 11) is 0. The number of hydrogen-bond acceptors (Lipinski definition) is 2. The molecule has 0 atom stereocenters. The van der Waals surface area contributed by atoms with Crippen LogP contribution in [0.15, 0.2) is 18.2 Å². The standard InChI is InChI=1S/C10H13F2NO/c1-10(2,3)14-8-6-4-5-7(13-8)9(11)12/h4-6,9H,1-3H3. The number of nitrogens with zero attached hydrogens (tertiary/aromatic N) is 1. The van der Waals surface area contributed by atoms with Gasteiger partial charge in [0.25, 0.3) is 6.43 Å². The molecule has 0 radical (unpaired) electrons. The summed E-state index contributed by atoms with van der Waals surface area (Å²) < 4.78 is 29.9. The first-order valence-corrected chi connectivity index (χ1v) is 4.32. The molecular weight excluding hydrogens is 188 g/mol. The SMILES string of the molecule is CC(C)(C)Oc1cccc(C(F)F)n1. The predicted molar refractivity (Wildman–Crippen MR) is 49.6 cm³/mol. The minimum atomic E-state index is -2.56. The first-order valence-electron chi connectivity index (χ1n) is 4.32. The molecule has 0 spiro atoms. The molecule has 2 nitrogen and oxygen atoms in total. The lowest BCUT2D eigenvalue weighted by molar-refractivity contribution is 0.116. The van der Waals surface area contributed by atoms with Crippen LogP contribution in [0.4, 0.5) is 8.78 Å². The molecule has 1 heterocycles. The maximum Gasteiger partial charge on any atom is 0.280 e. The second kappa shape index (κ2) is 3.90. The Morgan fingerprint density at radius 3 is 2.43 bits per heavy atom. The van der Waals surface area contributed by atoms with Crippen LogP contribution in [0.5, 0.6) is 5.88 Å². The molecule has 0 fully saturated rings. The number of hydrogen-bond donors (Lipinski definition) is 0. The number of halogens is 2. The molecule has 0 N–H and O–H groups in total. The van der Waals surface area contributed by atoms with Crippen molar-refractivity contribution in [3.63, 3.8) is 0 Å². The lowest BCUT2D eigenvalue weighted by Gasteiger charge is -2.20. The molecule has 0 bridgehead atoms. The maximum absolute atomic E-state index is 12.3. The molecule has 4 heteroatoms. The number of rotatable bonds is 2. The Bertz CT molecular complexity index is 307. The summed E-state index contributed by atoms with van der Waals surface area (Å²) in [6, 6.07) is 4.35. The average Bonchev–Trinajstić information content (AvgIpc) is 2.01. The van der Waals surface area contributed by atoms with Gasteiger partial charge in [-0.25, -0.2) is 13.8 Å². The first-order chi connectivity index (χ1) is 6.38. The Hall–Kier alpha value is -1.19. The summed E-state index contributed by atoms with van der Waals surface area (Å²) in [5, 5.41) is 0. The maximum atomic E-state index is 12.3. The van der Waals surface area contributed by atoms with E-state index in [0.717, 1.165) is 0 Å². The highest BCUT2D eigenvalue weighted by atomic mass is 19.3. The minimum absolute atomic E-state index is 0.232. The van der Waals surface area contributed by atoms with Gasteiger partial charge < -0.3 is 4.74 Å². The number of aromatic nitrogens is 1. The zero-order chi connectivity index (χ0) is 10.8. The van der Waals surface area contributed by atoms with Crippen molar-refractivity contribution in [2.24, 2.45) is 0 Å². The van der Waals surface area contributed by atoms with E-state index in [2.05, 4.69) is 4.98 Å². The van der Waals surface area contributed by atoms with Gasteiger partial charge in [-0.05, 0) is 26.8 Å². The Balaban J connectivity index is 2.84. The fourth-order valence-electron chi connectivity index (χ4n) is 0.923. The van der Waals surface area contributed by atoms with Gasteiger partial charge in [0.05, 0.1) is 0 Å². The van der Waals surface area contributed by atoms with Crippen LogP contribution in [-0.4, -0.2) is 10.6 Å². The lowest BCUT2D eigenvalue weighted by Crippen LogP contribution is -2.23. The van der Waals surface area contributed by atoms with Gasteiger partial charge in [-0.3, -0.25) is 0 Å². The van der Waals surface area contributed by atoms with E-state index in [4.69, 9.17) is 4.74 Å². The molecule has 0 amide bonds. The van der Waals surface area contributed by atoms with Gasteiger partial charge >= 0.3 is 0 Å². The molecule has 0 saturated heterocycles. The van der Waals surface area contributed by atoms with Crippen molar-refractivity contribution in [2.75, 3.05) is 0 Å². The van der Waals surface area contributed by atoms with Crippen molar-refractivity contribution in [2.45, 2.75) is 32.8 Å². The molecular formula is C10H13F2NO. The van der Waals surface area contributed by atoms with E-state index in [9.17, 15) is 8.78 Å². The topological polar surface area (TPSA) is 22.1 Å². The molecule has 0 aliphatic carbocycles. The van der Waals surface area contributed by atoms with E-state index in [0.29, 0.717) is 0 Å². The second-order valence-electron chi connectivity index (χ2n) is 3.92. The Morgan fingerprint density at radius 2 is 1.93 bits per heavy atom. The van der Waals surface area contributed by atoms with Crippen LogP contribution in [0, 0.1) is 0 Å². The van der Waals surface area contributed by atoms with Gasteiger partial charge in [0.15, 0.2) is 0 Å². The predicted octanol–water partition coefficient (Wildman–Crippen LogP) is 3.20. The van der Waals surface area contributed by atoms with Crippen LogP contribution >= 0.6 is 0 Å². The second-order valence-corrected chi connectivity index (χ2v) is 3.92. The van der Waals surface area contributed by atoms with E-state index >= 15 is 0 Å². The van der Waals surface area contributed by atoms with Crippen LogP contribution < -0.4 is 4.74 Å². The summed E-state index contributed by atoms with van der Waals surface area (Å²) in [5.41, 5.74) is -0.681. The fraction of sp³-hybridized carbons (Fsp3) is 0.500. The third kappa shape index (κ3) is 3.28. The molecule has 1 aromatic heterocycles.